The number of rotatable bonds is 4. The molecule has 0 saturated heterocycles. The van der Waals surface area contributed by atoms with Crippen LogP contribution in [0.25, 0.3) is 5.82 Å². The van der Waals surface area contributed by atoms with Crippen molar-refractivity contribution in [3.05, 3.63) is 72.2 Å². The highest BCUT2D eigenvalue weighted by atomic mass is 16.7. The lowest BCUT2D eigenvalue weighted by molar-refractivity contribution is 0.0516. The summed E-state index contributed by atoms with van der Waals surface area (Å²) in [6.45, 7) is 0. The van der Waals surface area contributed by atoms with E-state index in [4.69, 9.17) is 10.6 Å². The second kappa shape index (κ2) is 6.18. The molecule has 2 aromatic heterocycles. The molecular formula is C16H15N5O2. The maximum atomic E-state index is 12.3. The zero-order valence-electron chi connectivity index (χ0n) is 12.5. The van der Waals surface area contributed by atoms with Gasteiger partial charge in [0.2, 0.25) is 0 Å². The number of hydrogen-bond donors (Lipinski definition) is 1. The van der Waals surface area contributed by atoms with E-state index in [2.05, 4.69) is 10.3 Å². The van der Waals surface area contributed by atoms with Gasteiger partial charge in [0.15, 0.2) is 5.84 Å². The highest BCUT2D eigenvalue weighted by molar-refractivity contribution is 5.98. The molecule has 0 atom stereocenters. The summed E-state index contributed by atoms with van der Waals surface area (Å²) in [5.41, 5.74) is 6.78. The van der Waals surface area contributed by atoms with Crippen LogP contribution in [0.5, 0.6) is 0 Å². The van der Waals surface area contributed by atoms with Gasteiger partial charge in [0.1, 0.15) is 11.4 Å². The van der Waals surface area contributed by atoms with Gasteiger partial charge in [0, 0.05) is 25.0 Å². The molecular weight excluding hydrogens is 294 g/mol. The molecule has 7 heteroatoms. The molecule has 0 amide bonds. The fraction of sp³-hybridized carbons (Fsp3) is 0.0625. The highest BCUT2D eigenvalue weighted by Crippen LogP contribution is 2.15. The van der Waals surface area contributed by atoms with Crippen molar-refractivity contribution in [2.45, 2.75) is 0 Å². The van der Waals surface area contributed by atoms with Crippen molar-refractivity contribution < 1.29 is 9.63 Å². The van der Waals surface area contributed by atoms with E-state index in [1.807, 2.05) is 42.7 Å². The Bertz CT molecular complexity index is 835. The number of oxime groups is 1. The van der Waals surface area contributed by atoms with Gasteiger partial charge in [-0.05, 0) is 12.1 Å². The molecule has 7 nitrogen and oxygen atoms in total. The summed E-state index contributed by atoms with van der Waals surface area (Å²) in [6.07, 6.45) is 5.07. The van der Waals surface area contributed by atoms with E-state index in [0.29, 0.717) is 16.9 Å². The number of nitrogens with two attached hydrogens (primary N) is 1. The number of amidine groups is 1. The second-order valence-electron chi connectivity index (χ2n) is 4.82. The molecule has 2 N–H and O–H groups in total. The Morgan fingerprint density at radius 2 is 1.87 bits per heavy atom. The quantitative estimate of drug-likeness (QED) is 0.344. The molecule has 3 rings (SSSR count). The fourth-order valence-electron chi connectivity index (χ4n) is 2.16. The first-order valence-electron chi connectivity index (χ1n) is 6.92. The average molecular weight is 309 g/mol. The summed E-state index contributed by atoms with van der Waals surface area (Å²) < 4.78 is 3.36. The van der Waals surface area contributed by atoms with Crippen LogP contribution in [0.15, 0.2) is 66.2 Å². The van der Waals surface area contributed by atoms with Crippen molar-refractivity contribution in [1.29, 1.82) is 0 Å². The maximum Gasteiger partial charge on any atom is 0.371 e. The van der Waals surface area contributed by atoms with Crippen molar-refractivity contribution in [1.82, 2.24) is 14.3 Å². The largest absolute Gasteiger partial charge is 0.380 e. The summed E-state index contributed by atoms with van der Waals surface area (Å²) in [6, 6.07) is 12.8. The van der Waals surface area contributed by atoms with E-state index in [9.17, 15) is 4.79 Å². The first-order chi connectivity index (χ1) is 11.2. The van der Waals surface area contributed by atoms with Crippen LogP contribution in [0.2, 0.25) is 0 Å². The SMILES string of the molecule is Cn1ncc(C(=O)O/N=C(/N)c2ccccc2)c1-n1cccc1. The van der Waals surface area contributed by atoms with Crippen LogP contribution in [0.3, 0.4) is 0 Å². The lowest BCUT2D eigenvalue weighted by Gasteiger charge is -2.06. The number of hydrogen-bond acceptors (Lipinski definition) is 4. The fourth-order valence-corrected chi connectivity index (χ4v) is 2.16. The van der Waals surface area contributed by atoms with Gasteiger partial charge in [-0.25, -0.2) is 4.79 Å². The van der Waals surface area contributed by atoms with Crippen molar-refractivity contribution in [2.24, 2.45) is 17.9 Å². The molecule has 0 unspecified atom stereocenters. The van der Waals surface area contributed by atoms with Gasteiger partial charge in [-0.1, -0.05) is 35.5 Å². The molecule has 0 aliphatic heterocycles. The Morgan fingerprint density at radius 1 is 1.17 bits per heavy atom. The minimum atomic E-state index is -0.624. The van der Waals surface area contributed by atoms with Gasteiger partial charge in [-0.2, -0.15) is 5.10 Å². The van der Waals surface area contributed by atoms with Gasteiger partial charge >= 0.3 is 5.97 Å². The standard InChI is InChI=1S/C16H15N5O2/c1-20-15(21-9-5-6-10-21)13(11-18-20)16(22)23-19-14(17)12-7-3-2-4-8-12/h2-11H,1H3,(H2,17,19). The van der Waals surface area contributed by atoms with Crippen molar-refractivity contribution in [3.8, 4) is 5.82 Å². The summed E-state index contributed by atoms with van der Waals surface area (Å²) in [7, 11) is 1.74. The third-order valence-corrected chi connectivity index (χ3v) is 3.27. The molecule has 0 saturated carbocycles. The second-order valence-corrected chi connectivity index (χ2v) is 4.82. The molecule has 3 aromatic rings. The minimum absolute atomic E-state index is 0.130. The van der Waals surface area contributed by atoms with E-state index in [1.54, 1.807) is 28.4 Å². The first-order valence-corrected chi connectivity index (χ1v) is 6.92. The third-order valence-electron chi connectivity index (χ3n) is 3.27. The molecule has 1 aromatic carbocycles. The summed E-state index contributed by atoms with van der Waals surface area (Å²) in [5, 5.41) is 7.80. The van der Waals surface area contributed by atoms with E-state index in [0.717, 1.165) is 0 Å². The van der Waals surface area contributed by atoms with Crippen LogP contribution in [0.4, 0.5) is 0 Å². The van der Waals surface area contributed by atoms with Gasteiger partial charge < -0.3 is 15.1 Å². The molecule has 0 aliphatic carbocycles. The number of carbonyl (C=O) groups excluding carboxylic acids is 1. The molecule has 0 aliphatic rings. The number of carbonyl (C=O) groups is 1. The van der Waals surface area contributed by atoms with E-state index < -0.39 is 5.97 Å². The van der Waals surface area contributed by atoms with Crippen LogP contribution in [0, 0.1) is 0 Å². The molecule has 116 valence electrons. The monoisotopic (exact) mass is 309 g/mol. The average Bonchev–Trinajstić information content (AvgIpc) is 3.22. The predicted molar refractivity (Wildman–Crippen MR) is 85.1 cm³/mol. The topological polar surface area (TPSA) is 87.4 Å². The first kappa shape index (κ1) is 14.6. The van der Waals surface area contributed by atoms with Crippen molar-refractivity contribution in [2.75, 3.05) is 0 Å². The van der Waals surface area contributed by atoms with Gasteiger partial charge in [0.05, 0.1) is 6.20 Å². The summed E-state index contributed by atoms with van der Waals surface area (Å²) in [4.78, 5) is 17.2. The number of benzene rings is 1. The Balaban J connectivity index is 1.83. The van der Waals surface area contributed by atoms with Crippen LogP contribution in [-0.4, -0.2) is 26.2 Å². The molecule has 2 heterocycles. The Hall–Kier alpha value is -3.35. The number of aryl methyl sites for hydroxylation is 1. The van der Waals surface area contributed by atoms with Crippen LogP contribution in [-0.2, 0) is 11.9 Å². The normalized spacial score (nSPS) is 11.4. The lowest BCUT2D eigenvalue weighted by atomic mass is 10.2. The Kier molecular flexibility index (Phi) is 3.92. The smallest absolute Gasteiger partial charge is 0.371 e. The summed E-state index contributed by atoms with van der Waals surface area (Å²) in [5.74, 6) is 0.0968. The van der Waals surface area contributed by atoms with Gasteiger partial charge in [-0.3, -0.25) is 4.68 Å². The summed E-state index contributed by atoms with van der Waals surface area (Å²) >= 11 is 0. The number of aromatic nitrogens is 3. The lowest BCUT2D eigenvalue weighted by Crippen LogP contribution is -2.15. The van der Waals surface area contributed by atoms with Crippen LogP contribution >= 0.6 is 0 Å². The Morgan fingerprint density at radius 3 is 2.57 bits per heavy atom. The highest BCUT2D eigenvalue weighted by Gasteiger charge is 2.19. The van der Waals surface area contributed by atoms with Crippen LogP contribution < -0.4 is 5.73 Å². The molecule has 0 bridgehead atoms. The van der Waals surface area contributed by atoms with Gasteiger partial charge in [-0.15, -0.1) is 0 Å². The van der Waals surface area contributed by atoms with Gasteiger partial charge in [0.25, 0.3) is 0 Å². The molecule has 0 radical (unpaired) electrons. The van der Waals surface area contributed by atoms with E-state index >= 15 is 0 Å². The van der Waals surface area contributed by atoms with E-state index in [1.165, 1.54) is 6.20 Å². The Labute approximate surface area is 132 Å². The maximum absolute atomic E-state index is 12.3. The van der Waals surface area contributed by atoms with Crippen molar-refractivity contribution >= 4 is 11.8 Å². The van der Waals surface area contributed by atoms with Crippen LogP contribution in [0.1, 0.15) is 15.9 Å². The zero-order chi connectivity index (χ0) is 16.2. The zero-order valence-corrected chi connectivity index (χ0v) is 12.5. The molecule has 23 heavy (non-hydrogen) atoms. The third kappa shape index (κ3) is 2.98. The minimum Gasteiger partial charge on any atom is -0.380 e. The molecule has 0 spiro atoms. The number of nitrogens with zero attached hydrogens (tertiary/aromatic N) is 4. The molecule has 0 fully saturated rings. The van der Waals surface area contributed by atoms with Crippen molar-refractivity contribution in [3.63, 3.8) is 0 Å². The predicted octanol–water partition coefficient (Wildman–Crippen LogP) is 1.69. The van der Waals surface area contributed by atoms with E-state index in [-0.39, 0.29) is 5.84 Å².